The average molecular weight is 298 g/mol. The van der Waals surface area contributed by atoms with Gasteiger partial charge in [0.1, 0.15) is 5.75 Å². The van der Waals surface area contributed by atoms with E-state index in [1.54, 1.807) is 7.11 Å². The van der Waals surface area contributed by atoms with E-state index in [1.807, 2.05) is 6.07 Å². The van der Waals surface area contributed by atoms with Gasteiger partial charge in [-0.2, -0.15) is 0 Å². The molecule has 2 N–H and O–H groups in total. The van der Waals surface area contributed by atoms with Crippen molar-refractivity contribution in [1.29, 1.82) is 0 Å². The van der Waals surface area contributed by atoms with Gasteiger partial charge in [-0.1, -0.05) is 31.5 Å². The third-order valence-electron chi connectivity index (χ3n) is 3.82. The lowest BCUT2D eigenvalue weighted by atomic mass is 9.94. The van der Waals surface area contributed by atoms with Gasteiger partial charge < -0.3 is 15.2 Å². The first-order valence-corrected chi connectivity index (χ1v) is 7.15. The highest BCUT2D eigenvalue weighted by Crippen LogP contribution is 2.39. The van der Waals surface area contributed by atoms with Gasteiger partial charge in [-0.05, 0) is 24.0 Å². The molecule has 0 bridgehead atoms. The fraction of sp³-hybridized carbons (Fsp3) is 0.533. The van der Waals surface area contributed by atoms with Crippen LogP contribution in [0, 0.1) is 5.92 Å². The minimum Gasteiger partial charge on any atom is -0.495 e. The second-order valence-electron chi connectivity index (χ2n) is 5.51. The first kappa shape index (κ1) is 15.1. The molecule has 0 radical (unpaired) electrons. The quantitative estimate of drug-likeness (QED) is 0.896. The molecule has 1 fully saturated rings. The lowest BCUT2D eigenvalue weighted by molar-refractivity contribution is -0.141. The number of ether oxygens (including phenoxy) is 1. The fourth-order valence-corrected chi connectivity index (χ4v) is 2.92. The monoisotopic (exact) mass is 297 g/mol. The summed E-state index contributed by atoms with van der Waals surface area (Å²) in [4.78, 5) is 11.1. The number of halogens is 1. The van der Waals surface area contributed by atoms with Crippen LogP contribution in [0.25, 0.3) is 0 Å². The number of carboxylic acids is 1. The van der Waals surface area contributed by atoms with Crippen molar-refractivity contribution >= 4 is 17.6 Å². The molecule has 1 aliphatic heterocycles. The molecule has 0 spiro atoms. The van der Waals surface area contributed by atoms with Crippen LogP contribution in [0.15, 0.2) is 12.1 Å². The molecule has 1 aliphatic rings. The minimum atomic E-state index is -0.759. The van der Waals surface area contributed by atoms with Gasteiger partial charge in [0.2, 0.25) is 0 Å². The number of carboxylic acid groups (broad SMARTS) is 1. The molecule has 0 aliphatic carbocycles. The number of aliphatic carboxylic acids is 1. The summed E-state index contributed by atoms with van der Waals surface area (Å²) in [6.07, 6.45) is 0.559. The Morgan fingerprint density at radius 3 is 2.70 bits per heavy atom. The Balaban J connectivity index is 2.37. The van der Waals surface area contributed by atoms with E-state index < -0.39 is 5.97 Å². The van der Waals surface area contributed by atoms with Crippen molar-refractivity contribution < 1.29 is 14.6 Å². The number of nitrogens with one attached hydrogen (secondary N) is 1. The molecule has 1 aromatic carbocycles. The third-order valence-corrected chi connectivity index (χ3v) is 4.10. The maximum absolute atomic E-state index is 11.1. The zero-order valence-corrected chi connectivity index (χ0v) is 12.7. The minimum absolute atomic E-state index is 0.0257. The molecule has 4 nitrogen and oxygen atoms in total. The van der Waals surface area contributed by atoms with Crippen LogP contribution in [-0.2, 0) is 4.79 Å². The van der Waals surface area contributed by atoms with E-state index in [0.717, 1.165) is 11.1 Å². The summed E-state index contributed by atoms with van der Waals surface area (Å²) in [7, 11) is 1.59. The number of hydrogen-bond donors (Lipinski definition) is 2. The molecule has 0 saturated carbocycles. The van der Waals surface area contributed by atoms with E-state index in [1.165, 1.54) is 0 Å². The SMILES string of the molecule is COc1c(Cl)cc(C(C)C)cc1C1CC(C(=O)O)CN1. The summed E-state index contributed by atoms with van der Waals surface area (Å²) in [5.74, 6) is -0.121. The van der Waals surface area contributed by atoms with Crippen LogP contribution < -0.4 is 10.1 Å². The normalized spacial score (nSPS) is 22.2. The summed E-state index contributed by atoms with van der Waals surface area (Å²) < 4.78 is 5.40. The average Bonchev–Trinajstić information content (AvgIpc) is 2.87. The molecular formula is C15H20ClNO3. The number of hydrogen-bond acceptors (Lipinski definition) is 3. The molecule has 0 aromatic heterocycles. The van der Waals surface area contributed by atoms with Crippen LogP contribution in [0.2, 0.25) is 5.02 Å². The van der Waals surface area contributed by atoms with Gasteiger partial charge >= 0.3 is 5.97 Å². The molecule has 0 amide bonds. The summed E-state index contributed by atoms with van der Waals surface area (Å²) in [6.45, 7) is 4.68. The maximum Gasteiger partial charge on any atom is 0.307 e. The van der Waals surface area contributed by atoms with Crippen molar-refractivity contribution in [2.45, 2.75) is 32.2 Å². The molecule has 2 unspecified atom stereocenters. The van der Waals surface area contributed by atoms with Gasteiger partial charge in [-0.15, -0.1) is 0 Å². The summed E-state index contributed by atoms with van der Waals surface area (Å²) in [5.41, 5.74) is 2.08. The van der Waals surface area contributed by atoms with E-state index in [-0.39, 0.29) is 12.0 Å². The Labute approximate surface area is 124 Å². The Morgan fingerprint density at radius 2 is 2.20 bits per heavy atom. The molecule has 2 atom stereocenters. The molecule has 5 heteroatoms. The van der Waals surface area contributed by atoms with Crippen LogP contribution in [0.5, 0.6) is 5.75 Å². The second kappa shape index (κ2) is 6.02. The highest BCUT2D eigenvalue weighted by molar-refractivity contribution is 6.32. The predicted molar refractivity (Wildman–Crippen MR) is 78.6 cm³/mol. The molecule has 20 heavy (non-hydrogen) atoms. The fourth-order valence-electron chi connectivity index (χ4n) is 2.60. The molecule has 1 saturated heterocycles. The number of methoxy groups -OCH3 is 1. The van der Waals surface area contributed by atoms with E-state index in [9.17, 15) is 4.79 Å². The zero-order chi connectivity index (χ0) is 14.9. The number of carbonyl (C=O) groups is 1. The smallest absolute Gasteiger partial charge is 0.307 e. The van der Waals surface area contributed by atoms with Crippen molar-refractivity contribution in [3.8, 4) is 5.75 Å². The lowest BCUT2D eigenvalue weighted by Crippen LogP contribution is -2.17. The van der Waals surface area contributed by atoms with E-state index >= 15 is 0 Å². The molecular weight excluding hydrogens is 278 g/mol. The number of rotatable bonds is 4. The van der Waals surface area contributed by atoms with Crippen LogP contribution in [0.3, 0.4) is 0 Å². The topological polar surface area (TPSA) is 58.6 Å². The van der Waals surface area contributed by atoms with Crippen molar-refractivity contribution in [3.05, 3.63) is 28.3 Å². The molecule has 110 valence electrons. The van der Waals surface area contributed by atoms with Crippen LogP contribution in [0.4, 0.5) is 0 Å². The summed E-state index contributed by atoms with van der Waals surface area (Å²) >= 11 is 6.29. The highest BCUT2D eigenvalue weighted by atomic mass is 35.5. The highest BCUT2D eigenvalue weighted by Gasteiger charge is 2.32. The van der Waals surface area contributed by atoms with Gasteiger partial charge in [0.25, 0.3) is 0 Å². The molecule has 1 aromatic rings. The second-order valence-corrected chi connectivity index (χ2v) is 5.92. The molecule has 1 heterocycles. The van der Waals surface area contributed by atoms with Gasteiger partial charge in [-0.3, -0.25) is 4.79 Å². The van der Waals surface area contributed by atoms with Crippen molar-refractivity contribution in [2.75, 3.05) is 13.7 Å². The third kappa shape index (κ3) is 2.91. The van der Waals surface area contributed by atoms with Crippen molar-refractivity contribution in [1.82, 2.24) is 5.32 Å². The van der Waals surface area contributed by atoms with Crippen LogP contribution in [-0.4, -0.2) is 24.7 Å². The molecule has 2 rings (SSSR count). The Morgan fingerprint density at radius 1 is 1.50 bits per heavy atom. The summed E-state index contributed by atoms with van der Waals surface area (Å²) in [5, 5.41) is 12.9. The maximum atomic E-state index is 11.1. The lowest BCUT2D eigenvalue weighted by Gasteiger charge is -2.19. The zero-order valence-electron chi connectivity index (χ0n) is 11.9. The first-order chi connectivity index (χ1) is 9.43. The van der Waals surface area contributed by atoms with E-state index in [2.05, 4.69) is 25.2 Å². The Kier molecular flexibility index (Phi) is 4.55. The van der Waals surface area contributed by atoms with E-state index in [0.29, 0.717) is 29.7 Å². The first-order valence-electron chi connectivity index (χ1n) is 6.77. The van der Waals surface area contributed by atoms with Crippen LogP contribution in [0.1, 0.15) is 43.4 Å². The Bertz CT molecular complexity index is 516. The largest absolute Gasteiger partial charge is 0.495 e. The van der Waals surface area contributed by atoms with E-state index in [4.69, 9.17) is 21.4 Å². The number of benzene rings is 1. The van der Waals surface area contributed by atoms with Crippen molar-refractivity contribution in [3.63, 3.8) is 0 Å². The van der Waals surface area contributed by atoms with Gasteiger partial charge in [-0.25, -0.2) is 0 Å². The van der Waals surface area contributed by atoms with Gasteiger partial charge in [0, 0.05) is 18.2 Å². The van der Waals surface area contributed by atoms with Crippen LogP contribution >= 0.6 is 11.6 Å². The predicted octanol–water partition coefficient (Wildman–Crippen LogP) is 3.21. The van der Waals surface area contributed by atoms with Gasteiger partial charge in [0.15, 0.2) is 0 Å². The van der Waals surface area contributed by atoms with Crippen molar-refractivity contribution in [2.24, 2.45) is 5.92 Å². The standard InChI is InChI=1S/C15H20ClNO3/c1-8(2)9-4-11(14(20-3)12(16)5-9)13-6-10(7-17-13)15(18)19/h4-5,8,10,13,17H,6-7H2,1-3H3,(H,18,19). The summed E-state index contributed by atoms with van der Waals surface area (Å²) in [6, 6.07) is 3.96. The Hall–Kier alpha value is -1.26. The van der Waals surface area contributed by atoms with Gasteiger partial charge in [0.05, 0.1) is 18.1 Å².